The summed E-state index contributed by atoms with van der Waals surface area (Å²) in [4.78, 5) is 2.25. The molecule has 2 atom stereocenters. The van der Waals surface area contributed by atoms with Crippen LogP contribution in [0.1, 0.15) is 20.3 Å². The number of hydrogen-bond acceptors (Lipinski definition) is 4. The van der Waals surface area contributed by atoms with E-state index in [4.69, 9.17) is 9.47 Å². The summed E-state index contributed by atoms with van der Waals surface area (Å²) in [5.74, 6) is -0.410. The molecule has 0 aromatic rings. The van der Waals surface area contributed by atoms with Crippen molar-refractivity contribution >= 4 is 0 Å². The van der Waals surface area contributed by atoms with Gasteiger partial charge in [0.15, 0.2) is 5.79 Å². The lowest BCUT2D eigenvalue weighted by molar-refractivity contribution is -0.282. The van der Waals surface area contributed by atoms with Crippen LogP contribution in [0.5, 0.6) is 0 Å². The topological polar surface area (TPSA) is 41.9 Å². The minimum atomic E-state index is -0.410. The lowest BCUT2D eigenvalue weighted by Gasteiger charge is -2.50. The summed E-state index contributed by atoms with van der Waals surface area (Å²) >= 11 is 0. The maximum atomic E-state index is 9.25. The van der Waals surface area contributed by atoms with E-state index < -0.39 is 5.79 Å². The Bertz CT molecular complexity index is 172. The Morgan fingerprint density at radius 2 is 1.79 bits per heavy atom. The van der Waals surface area contributed by atoms with Gasteiger partial charge in [-0.2, -0.15) is 0 Å². The van der Waals surface area contributed by atoms with E-state index >= 15 is 0 Å². The van der Waals surface area contributed by atoms with E-state index in [1.54, 1.807) is 14.2 Å². The van der Waals surface area contributed by atoms with E-state index in [0.717, 1.165) is 19.5 Å². The van der Waals surface area contributed by atoms with Crippen molar-refractivity contribution in [3.8, 4) is 0 Å². The highest BCUT2D eigenvalue weighted by atomic mass is 16.7. The highest BCUT2D eigenvalue weighted by molar-refractivity contribution is 4.92. The lowest BCUT2D eigenvalue weighted by atomic mass is 10.0. The van der Waals surface area contributed by atoms with Crippen LogP contribution in [0.3, 0.4) is 0 Å². The quantitative estimate of drug-likeness (QED) is 0.659. The molecule has 0 aromatic heterocycles. The molecule has 4 heteroatoms. The van der Waals surface area contributed by atoms with Crippen molar-refractivity contribution in [2.24, 2.45) is 0 Å². The zero-order valence-electron chi connectivity index (χ0n) is 9.49. The molecule has 1 N–H and O–H groups in total. The summed E-state index contributed by atoms with van der Waals surface area (Å²) in [6.45, 7) is 5.50. The molecule has 0 spiro atoms. The molecule has 14 heavy (non-hydrogen) atoms. The molecule has 1 aliphatic heterocycles. The first-order valence-corrected chi connectivity index (χ1v) is 5.05. The number of hydrogen-bond donors (Lipinski definition) is 1. The van der Waals surface area contributed by atoms with Crippen LogP contribution in [0.2, 0.25) is 0 Å². The predicted octanol–water partition coefficient (Wildman–Crippen LogP) is 0.450. The summed E-state index contributed by atoms with van der Waals surface area (Å²) in [7, 11) is 3.33. The smallest absolute Gasteiger partial charge is 0.193 e. The van der Waals surface area contributed by atoms with Gasteiger partial charge in [0.25, 0.3) is 0 Å². The third kappa shape index (κ3) is 2.45. The fraction of sp³-hybridized carbons (Fsp3) is 1.00. The van der Waals surface area contributed by atoms with Crippen LogP contribution in [0, 0.1) is 0 Å². The SMILES string of the molecule is COC1(OC)CN(C(C)CC(C)O)C1. The van der Waals surface area contributed by atoms with E-state index in [0.29, 0.717) is 6.04 Å². The fourth-order valence-electron chi connectivity index (χ4n) is 1.87. The van der Waals surface area contributed by atoms with Crippen LogP contribution in [0.4, 0.5) is 0 Å². The molecule has 1 heterocycles. The molecule has 1 fully saturated rings. The summed E-state index contributed by atoms with van der Waals surface area (Å²) in [5.41, 5.74) is 0. The van der Waals surface area contributed by atoms with Crippen molar-refractivity contribution in [2.45, 2.75) is 38.2 Å². The first-order chi connectivity index (χ1) is 6.53. The number of nitrogens with zero attached hydrogens (tertiary/aromatic N) is 1. The van der Waals surface area contributed by atoms with Gasteiger partial charge in [-0.3, -0.25) is 4.90 Å². The average molecular weight is 203 g/mol. The van der Waals surface area contributed by atoms with E-state index in [1.807, 2.05) is 6.92 Å². The largest absolute Gasteiger partial charge is 0.393 e. The number of ether oxygens (including phenoxy) is 2. The van der Waals surface area contributed by atoms with E-state index in [1.165, 1.54) is 0 Å². The molecule has 0 bridgehead atoms. The Balaban J connectivity index is 2.32. The Labute approximate surface area is 85.8 Å². The summed E-state index contributed by atoms with van der Waals surface area (Å²) in [6, 6.07) is 0.383. The third-order valence-electron chi connectivity index (χ3n) is 2.94. The Morgan fingerprint density at radius 1 is 1.29 bits per heavy atom. The van der Waals surface area contributed by atoms with E-state index in [-0.39, 0.29) is 6.10 Å². The van der Waals surface area contributed by atoms with Gasteiger partial charge in [0.1, 0.15) is 0 Å². The molecule has 0 saturated carbocycles. The maximum Gasteiger partial charge on any atom is 0.193 e. The van der Waals surface area contributed by atoms with Gasteiger partial charge in [-0.05, 0) is 20.3 Å². The third-order valence-corrected chi connectivity index (χ3v) is 2.94. The summed E-state index contributed by atoms with van der Waals surface area (Å²) < 4.78 is 10.6. The monoisotopic (exact) mass is 203 g/mol. The molecular weight excluding hydrogens is 182 g/mol. The highest BCUT2D eigenvalue weighted by Gasteiger charge is 2.45. The molecule has 4 nitrogen and oxygen atoms in total. The molecule has 0 amide bonds. The molecule has 84 valence electrons. The van der Waals surface area contributed by atoms with Gasteiger partial charge in [-0.15, -0.1) is 0 Å². The summed E-state index contributed by atoms with van der Waals surface area (Å²) in [6.07, 6.45) is 0.550. The minimum Gasteiger partial charge on any atom is -0.393 e. The lowest BCUT2D eigenvalue weighted by Crippen LogP contribution is -2.66. The molecule has 1 aliphatic rings. The number of methoxy groups -OCH3 is 2. The molecule has 0 radical (unpaired) electrons. The Morgan fingerprint density at radius 3 is 2.14 bits per heavy atom. The van der Waals surface area contributed by atoms with Gasteiger partial charge in [-0.25, -0.2) is 0 Å². The number of likely N-dealkylation sites (tertiary alicyclic amines) is 1. The van der Waals surface area contributed by atoms with Crippen LogP contribution >= 0.6 is 0 Å². The van der Waals surface area contributed by atoms with Crippen molar-refractivity contribution in [1.29, 1.82) is 0 Å². The molecule has 1 saturated heterocycles. The predicted molar refractivity (Wildman–Crippen MR) is 54.1 cm³/mol. The van der Waals surface area contributed by atoms with E-state index in [2.05, 4.69) is 11.8 Å². The van der Waals surface area contributed by atoms with Crippen molar-refractivity contribution in [1.82, 2.24) is 4.90 Å². The first-order valence-electron chi connectivity index (χ1n) is 5.05. The van der Waals surface area contributed by atoms with Gasteiger partial charge >= 0.3 is 0 Å². The zero-order valence-corrected chi connectivity index (χ0v) is 9.49. The normalized spacial score (nSPS) is 25.5. The molecular formula is C10H21NO3. The first kappa shape index (κ1) is 11.9. The van der Waals surface area contributed by atoms with E-state index in [9.17, 15) is 5.11 Å². The second-order valence-corrected chi connectivity index (χ2v) is 4.16. The standard InChI is InChI=1S/C10H21NO3/c1-8(5-9(2)12)11-6-10(7-11,13-3)14-4/h8-9,12H,5-7H2,1-4H3. The van der Waals surface area contributed by atoms with Gasteiger partial charge in [-0.1, -0.05) is 0 Å². The van der Waals surface area contributed by atoms with Crippen LogP contribution in [-0.4, -0.2) is 55.2 Å². The van der Waals surface area contributed by atoms with Crippen LogP contribution in [-0.2, 0) is 9.47 Å². The zero-order chi connectivity index (χ0) is 10.8. The maximum absolute atomic E-state index is 9.25. The molecule has 1 rings (SSSR count). The second kappa shape index (κ2) is 4.57. The second-order valence-electron chi connectivity index (χ2n) is 4.16. The van der Waals surface area contributed by atoms with Gasteiger partial charge < -0.3 is 14.6 Å². The summed E-state index contributed by atoms with van der Waals surface area (Å²) in [5, 5.41) is 9.25. The molecule has 0 aromatic carbocycles. The number of rotatable bonds is 5. The van der Waals surface area contributed by atoms with Crippen molar-refractivity contribution in [2.75, 3.05) is 27.3 Å². The van der Waals surface area contributed by atoms with Gasteiger partial charge in [0.2, 0.25) is 0 Å². The number of aliphatic hydroxyl groups is 1. The molecule has 2 unspecified atom stereocenters. The van der Waals surface area contributed by atoms with Crippen molar-refractivity contribution < 1.29 is 14.6 Å². The van der Waals surface area contributed by atoms with Crippen LogP contribution < -0.4 is 0 Å². The van der Waals surface area contributed by atoms with Crippen LogP contribution in [0.25, 0.3) is 0 Å². The van der Waals surface area contributed by atoms with Crippen LogP contribution in [0.15, 0.2) is 0 Å². The van der Waals surface area contributed by atoms with Gasteiger partial charge in [0, 0.05) is 20.3 Å². The molecule has 0 aliphatic carbocycles. The number of aliphatic hydroxyl groups excluding tert-OH is 1. The Hall–Kier alpha value is -0.160. The Kier molecular flexibility index (Phi) is 3.89. The van der Waals surface area contributed by atoms with Crippen molar-refractivity contribution in [3.05, 3.63) is 0 Å². The van der Waals surface area contributed by atoms with Gasteiger partial charge in [0.05, 0.1) is 19.2 Å². The minimum absolute atomic E-state index is 0.245. The van der Waals surface area contributed by atoms with Crippen molar-refractivity contribution in [3.63, 3.8) is 0 Å². The average Bonchev–Trinajstić information content (AvgIpc) is 2.03. The highest BCUT2D eigenvalue weighted by Crippen LogP contribution is 2.28. The fourth-order valence-corrected chi connectivity index (χ4v) is 1.87.